The van der Waals surface area contributed by atoms with Crippen molar-refractivity contribution in [3.8, 4) is 6.07 Å². The lowest BCUT2D eigenvalue weighted by Crippen LogP contribution is -2.30. The number of benzene rings is 3. The third-order valence-corrected chi connectivity index (χ3v) is 7.37. The number of carbonyl (C=O) groups is 2. The second kappa shape index (κ2) is 10.9. The van der Waals surface area contributed by atoms with E-state index in [9.17, 15) is 28.0 Å². The summed E-state index contributed by atoms with van der Waals surface area (Å²) in [6, 6.07) is 19.4. The number of thioether (sulfide) groups is 1. The molecule has 5 nitrogen and oxygen atoms in total. The first-order valence-electron chi connectivity index (χ1n) is 10.7. The monoisotopic (exact) mass is 561 g/mol. The summed E-state index contributed by atoms with van der Waals surface area (Å²) in [7, 11) is 0. The maximum absolute atomic E-state index is 13.5. The highest BCUT2D eigenvalue weighted by Gasteiger charge is 2.41. The molecule has 2 amide bonds. The van der Waals surface area contributed by atoms with Crippen LogP contribution in [0.3, 0.4) is 0 Å². The zero-order valence-corrected chi connectivity index (χ0v) is 21.1. The summed E-state index contributed by atoms with van der Waals surface area (Å²) in [5.41, 5.74) is -0.158. The van der Waals surface area contributed by atoms with E-state index in [1.165, 1.54) is 35.2 Å². The van der Waals surface area contributed by atoms with Gasteiger partial charge in [0, 0.05) is 11.4 Å². The molecule has 1 heterocycles. The molecular weight excluding hydrogens is 546 g/mol. The van der Waals surface area contributed by atoms with Gasteiger partial charge in [-0.2, -0.15) is 18.4 Å². The highest BCUT2D eigenvalue weighted by atomic mass is 35.5. The number of para-hydroxylation sites is 1. The number of hydrogen-bond acceptors (Lipinski definition) is 4. The number of nitrogens with one attached hydrogen (secondary N) is 1. The van der Waals surface area contributed by atoms with Crippen LogP contribution in [-0.4, -0.2) is 17.1 Å². The maximum Gasteiger partial charge on any atom is 0.416 e. The van der Waals surface area contributed by atoms with Crippen molar-refractivity contribution in [1.82, 2.24) is 0 Å². The van der Waals surface area contributed by atoms with Gasteiger partial charge in [-0.3, -0.25) is 14.5 Å². The fraction of sp³-hybridized carbons (Fsp3) is 0.115. The smallest absolute Gasteiger partial charge is 0.321 e. The van der Waals surface area contributed by atoms with E-state index in [-0.39, 0.29) is 32.8 Å². The zero-order chi connectivity index (χ0) is 26.7. The molecule has 1 N–H and O–H groups in total. The van der Waals surface area contributed by atoms with E-state index in [1.807, 2.05) is 6.07 Å². The van der Waals surface area contributed by atoms with Gasteiger partial charge in [-0.25, -0.2) is 0 Å². The largest absolute Gasteiger partial charge is 0.416 e. The number of alkyl halides is 3. The highest BCUT2D eigenvalue weighted by molar-refractivity contribution is 8.05. The number of amides is 2. The molecule has 0 aromatic heterocycles. The van der Waals surface area contributed by atoms with Crippen LogP contribution in [0, 0.1) is 11.3 Å². The molecule has 1 aliphatic rings. The third-order valence-electron chi connectivity index (χ3n) is 5.37. The average molecular weight is 562 g/mol. The van der Waals surface area contributed by atoms with Crippen LogP contribution in [0.4, 0.5) is 24.5 Å². The molecule has 3 aromatic rings. The van der Waals surface area contributed by atoms with Gasteiger partial charge < -0.3 is 5.32 Å². The summed E-state index contributed by atoms with van der Waals surface area (Å²) < 4.78 is 39.6. The molecule has 0 bridgehead atoms. The Bertz CT molecular complexity index is 1440. The second-order valence-corrected chi connectivity index (χ2v) is 9.90. The molecule has 1 atom stereocenters. The van der Waals surface area contributed by atoms with Crippen LogP contribution in [0.5, 0.6) is 0 Å². The number of carbonyl (C=O) groups excluding carboxylic acids is 2. The van der Waals surface area contributed by atoms with Gasteiger partial charge in [0.15, 0.2) is 0 Å². The molecule has 0 aliphatic carbocycles. The summed E-state index contributed by atoms with van der Waals surface area (Å²) in [6.07, 6.45) is -4.56. The fourth-order valence-electron chi connectivity index (χ4n) is 3.66. The molecule has 1 fully saturated rings. The molecule has 11 heteroatoms. The molecule has 1 unspecified atom stereocenters. The van der Waals surface area contributed by atoms with E-state index in [2.05, 4.69) is 5.32 Å². The number of anilines is 2. The minimum absolute atomic E-state index is 0.0344. The van der Waals surface area contributed by atoms with Crippen LogP contribution in [0.2, 0.25) is 10.0 Å². The Morgan fingerprint density at radius 3 is 2.41 bits per heavy atom. The van der Waals surface area contributed by atoms with Gasteiger partial charge in [-0.1, -0.05) is 71.4 Å². The van der Waals surface area contributed by atoms with Gasteiger partial charge in [0.05, 0.1) is 20.9 Å². The first kappa shape index (κ1) is 26.6. The van der Waals surface area contributed by atoms with E-state index in [0.29, 0.717) is 11.3 Å². The van der Waals surface area contributed by atoms with Crippen LogP contribution in [0.1, 0.15) is 11.1 Å². The van der Waals surface area contributed by atoms with E-state index >= 15 is 0 Å². The number of rotatable bonds is 5. The molecule has 0 spiro atoms. The summed E-state index contributed by atoms with van der Waals surface area (Å²) in [5.74, 6) is -1.24. The van der Waals surface area contributed by atoms with Crippen molar-refractivity contribution in [3.63, 3.8) is 0 Å². The number of halogens is 5. The molecular formula is C26H16Cl2F3N3O2S. The Kier molecular flexibility index (Phi) is 7.83. The van der Waals surface area contributed by atoms with Gasteiger partial charge >= 0.3 is 6.18 Å². The van der Waals surface area contributed by atoms with E-state index in [4.69, 9.17) is 23.2 Å². The Labute approximate surface area is 224 Å². The molecule has 0 radical (unpaired) electrons. The minimum atomic E-state index is -4.53. The van der Waals surface area contributed by atoms with Crippen molar-refractivity contribution < 1.29 is 22.8 Å². The van der Waals surface area contributed by atoms with Gasteiger partial charge in [-0.15, -0.1) is 0 Å². The predicted molar refractivity (Wildman–Crippen MR) is 138 cm³/mol. The van der Waals surface area contributed by atoms with E-state index < -0.39 is 28.8 Å². The van der Waals surface area contributed by atoms with Crippen molar-refractivity contribution in [2.24, 2.45) is 0 Å². The van der Waals surface area contributed by atoms with Crippen LogP contribution < -0.4 is 10.2 Å². The summed E-state index contributed by atoms with van der Waals surface area (Å²) in [6.45, 7) is 0. The van der Waals surface area contributed by atoms with Gasteiger partial charge in [0.25, 0.3) is 5.91 Å². The highest BCUT2D eigenvalue weighted by Crippen LogP contribution is 2.42. The summed E-state index contributed by atoms with van der Waals surface area (Å²) in [5, 5.41) is 12.2. The van der Waals surface area contributed by atoms with Crippen molar-refractivity contribution in [2.75, 3.05) is 10.2 Å². The number of nitrogens with zero attached hydrogens (tertiary/aromatic N) is 2. The number of nitriles is 1. The van der Waals surface area contributed by atoms with Crippen molar-refractivity contribution in [3.05, 3.63) is 105 Å². The standard InChI is InChI=1S/C26H16Cl2F3N3O2S/c27-20-10-9-17(13-21(20)28)33-23(35)19(14-32)25-34(18-7-2-1-3-8-18)24(36)22(37-25)12-15-5-4-6-16(11-15)26(29,30)31/h1-11,13,22H,12H2,(H,33,35)/b25-19-. The van der Waals surface area contributed by atoms with Crippen molar-refractivity contribution in [2.45, 2.75) is 17.8 Å². The zero-order valence-electron chi connectivity index (χ0n) is 18.7. The lowest BCUT2D eigenvalue weighted by atomic mass is 10.1. The molecule has 1 aliphatic heterocycles. The van der Waals surface area contributed by atoms with Crippen molar-refractivity contribution >= 4 is 58.2 Å². The Hall–Kier alpha value is -3.45. The Morgan fingerprint density at radius 2 is 1.76 bits per heavy atom. The van der Waals surface area contributed by atoms with Gasteiger partial charge in [0.2, 0.25) is 5.91 Å². The fourth-order valence-corrected chi connectivity index (χ4v) is 5.26. The lowest BCUT2D eigenvalue weighted by Gasteiger charge is -2.18. The molecule has 4 rings (SSSR count). The molecule has 0 saturated carbocycles. The third kappa shape index (κ3) is 5.93. The maximum atomic E-state index is 13.5. The summed E-state index contributed by atoms with van der Waals surface area (Å²) >= 11 is 12.9. The molecule has 37 heavy (non-hydrogen) atoms. The van der Waals surface area contributed by atoms with Crippen LogP contribution >= 0.6 is 35.0 Å². The van der Waals surface area contributed by atoms with E-state index in [0.717, 1.165) is 23.9 Å². The minimum Gasteiger partial charge on any atom is -0.321 e. The molecule has 188 valence electrons. The summed E-state index contributed by atoms with van der Waals surface area (Å²) in [4.78, 5) is 27.8. The average Bonchev–Trinajstić information content (AvgIpc) is 3.17. The normalized spacial score (nSPS) is 16.9. The quantitative estimate of drug-likeness (QED) is 0.267. The Morgan fingerprint density at radius 1 is 1.03 bits per heavy atom. The van der Waals surface area contributed by atoms with Crippen molar-refractivity contribution in [1.29, 1.82) is 5.26 Å². The number of hydrogen-bond donors (Lipinski definition) is 1. The van der Waals surface area contributed by atoms with Gasteiger partial charge in [-0.05, 0) is 48.4 Å². The lowest BCUT2D eigenvalue weighted by molar-refractivity contribution is -0.137. The predicted octanol–water partition coefficient (Wildman–Crippen LogP) is 7.08. The molecule has 1 saturated heterocycles. The first-order valence-corrected chi connectivity index (χ1v) is 12.3. The topological polar surface area (TPSA) is 73.2 Å². The van der Waals surface area contributed by atoms with E-state index in [1.54, 1.807) is 30.3 Å². The SMILES string of the molecule is N#C/C(C(=O)Nc1ccc(Cl)c(Cl)c1)=C1/SC(Cc2cccc(C(F)(F)F)c2)C(=O)N1c1ccccc1. The second-order valence-electron chi connectivity index (χ2n) is 7.89. The Balaban J connectivity index is 1.70. The first-order chi connectivity index (χ1) is 17.6. The van der Waals surface area contributed by atoms with Crippen LogP contribution in [0.25, 0.3) is 0 Å². The van der Waals surface area contributed by atoms with Crippen LogP contribution in [-0.2, 0) is 22.2 Å². The van der Waals surface area contributed by atoms with Gasteiger partial charge in [0.1, 0.15) is 16.7 Å². The molecule has 3 aromatic carbocycles. The van der Waals surface area contributed by atoms with Crippen LogP contribution in [0.15, 0.2) is 83.4 Å².